The summed E-state index contributed by atoms with van der Waals surface area (Å²) in [6.45, 7) is 6.74. The molecule has 3 nitrogen and oxygen atoms in total. The maximum atomic E-state index is 11.4. The maximum Gasteiger partial charge on any atom is 0.509 e. The zero-order valence-electron chi connectivity index (χ0n) is 10.3. The van der Waals surface area contributed by atoms with E-state index in [0.29, 0.717) is 5.92 Å². The van der Waals surface area contributed by atoms with Gasteiger partial charge in [-0.1, -0.05) is 20.8 Å². The molecule has 0 N–H and O–H groups in total. The average Bonchev–Trinajstić information content (AvgIpc) is 2.63. The molecule has 0 aromatic carbocycles. The zero-order chi connectivity index (χ0) is 11.6. The molecule has 4 aliphatic rings. The summed E-state index contributed by atoms with van der Waals surface area (Å²) in [5, 5.41) is 0. The van der Waals surface area contributed by atoms with Crippen LogP contribution in [0, 0.1) is 16.7 Å². The Labute approximate surface area is 96.5 Å². The first-order valence-electron chi connectivity index (χ1n) is 6.35. The van der Waals surface area contributed by atoms with E-state index in [-0.39, 0.29) is 23.0 Å². The molecule has 1 aliphatic heterocycles. The van der Waals surface area contributed by atoms with Gasteiger partial charge < -0.3 is 9.47 Å². The van der Waals surface area contributed by atoms with Gasteiger partial charge in [0.1, 0.15) is 12.2 Å². The summed E-state index contributed by atoms with van der Waals surface area (Å²) in [6.07, 6.45) is 4.26. The molecular formula is C13H20O3. The molecule has 3 saturated carbocycles. The molecule has 3 aliphatic carbocycles. The van der Waals surface area contributed by atoms with E-state index in [0.717, 1.165) is 0 Å². The Morgan fingerprint density at radius 1 is 1.12 bits per heavy atom. The van der Waals surface area contributed by atoms with E-state index < -0.39 is 6.16 Å². The van der Waals surface area contributed by atoms with E-state index in [1.54, 1.807) is 0 Å². The topological polar surface area (TPSA) is 35.5 Å². The summed E-state index contributed by atoms with van der Waals surface area (Å²) in [4.78, 5) is 11.4. The second kappa shape index (κ2) is 2.93. The molecule has 0 spiro atoms. The van der Waals surface area contributed by atoms with Gasteiger partial charge in [0.15, 0.2) is 0 Å². The second-order valence-electron chi connectivity index (χ2n) is 6.37. The molecule has 0 amide bonds. The Bertz CT molecular complexity index is 326. The number of ether oxygens (including phenoxy) is 2. The van der Waals surface area contributed by atoms with Gasteiger partial charge in [-0.05, 0) is 31.6 Å². The van der Waals surface area contributed by atoms with Crippen molar-refractivity contribution in [2.45, 2.75) is 58.7 Å². The van der Waals surface area contributed by atoms with Gasteiger partial charge in [0.25, 0.3) is 0 Å². The van der Waals surface area contributed by atoms with Crippen molar-refractivity contribution in [3.63, 3.8) is 0 Å². The van der Waals surface area contributed by atoms with E-state index in [4.69, 9.17) is 9.47 Å². The maximum absolute atomic E-state index is 11.4. The van der Waals surface area contributed by atoms with E-state index in [2.05, 4.69) is 20.8 Å². The molecule has 1 saturated heterocycles. The fourth-order valence-corrected chi connectivity index (χ4v) is 4.05. The number of rotatable bonds is 1. The van der Waals surface area contributed by atoms with Crippen LogP contribution in [0.4, 0.5) is 4.79 Å². The monoisotopic (exact) mass is 224 g/mol. The van der Waals surface area contributed by atoms with Gasteiger partial charge in [0, 0.05) is 10.8 Å². The molecule has 0 aromatic rings. The lowest BCUT2D eigenvalue weighted by atomic mass is 9.48. The van der Waals surface area contributed by atoms with Gasteiger partial charge in [-0.25, -0.2) is 4.79 Å². The second-order valence-corrected chi connectivity index (χ2v) is 6.37. The summed E-state index contributed by atoms with van der Waals surface area (Å²) in [7, 11) is 0. The van der Waals surface area contributed by atoms with Crippen LogP contribution in [0.25, 0.3) is 0 Å². The molecule has 4 rings (SSSR count). The smallest absolute Gasteiger partial charge is 0.426 e. The molecule has 0 radical (unpaired) electrons. The number of hydrogen-bond acceptors (Lipinski definition) is 3. The fraction of sp³-hybridized carbons (Fsp3) is 0.923. The number of fused-ring (bicyclic) bond motifs is 2. The number of carbonyl (C=O) groups excluding carboxylic acids is 1. The Morgan fingerprint density at radius 3 is 2.25 bits per heavy atom. The van der Waals surface area contributed by atoms with Crippen LogP contribution in [-0.2, 0) is 9.47 Å². The molecule has 90 valence electrons. The highest BCUT2D eigenvalue weighted by molar-refractivity contribution is 5.63. The van der Waals surface area contributed by atoms with E-state index in [9.17, 15) is 4.79 Å². The molecule has 16 heavy (non-hydrogen) atoms. The van der Waals surface area contributed by atoms with Gasteiger partial charge >= 0.3 is 6.16 Å². The third-order valence-electron chi connectivity index (χ3n) is 5.45. The molecule has 4 fully saturated rings. The minimum atomic E-state index is -0.449. The van der Waals surface area contributed by atoms with Gasteiger partial charge in [-0.2, -0.15) is 0 Å². The van der Waals surface area contributed by atoms with Crippen molar-refractivity contribution in [1.82, 2.24) is 0 Å². The molecule has 0 aromatic heterocycles. The Kier molecular flexibility index (Phi) is 1.91. The van der Waals surface area contributed by atoms with Gasteiger partial charge in [0.05, 0.1) is 0 Å². The summed E-state index contributed by atoms with van der Waals surface area (Å²) < 4.78 is 10.9. The summed E-state index contributed by atoms with van der Waals surface area (Å²) in [5.74, 6) is 0.555. The minimum Gasteiger partial charge on any atom is -0.426 e. The van der Waals surface area contributed by atoms with Crippen LogP contribution in [0.3, 0.4) is 0 Å². The van der Waals surface area contributed by atoms with Crippen LogP contribution in [0.1, 0.15) is 46.5 Å². The predicted octanol–water partition coefficient (Wildman–Crippen LogP) is 3.13. The van der Waals surface area contributed by atoms with Crippen molar-refractivity contribution in [3.8, 4) is 0 Å². The minimum absolute atomic E-state index is 0.00454. The molecule has 1 heterocycles. The van der Waals surface area contributed by atoms with Crippen molar-refractivity contribution in [3.05, 3.63) is 0 Å². The SMILES string of the molecule is CC(C)C12CCC(C)(CC1)C1OC(=O)OC12. The summed E-state index contributed by atoms with van der Waals surface area (Å²) >= 11 is 0. The largest absolute Gasteiger partial charge is 0.509 e. The normalized spacial score (nSPS) is 50.1. The van der Waals surface area contributed by atoms with Crippen molar-refractivity contribution in [2.75, 3.05) is 0 Å². The molecular weight excluding hydrogens is 204 g/mol. The van der Waals surface area contributed by atoms with Crippen LogP contribution < -0.4 is 0 Å². The predicted molar refractivity (Wildman–Crippen MR) is 59.0 cm³/mol. The summed E-state index contributed by atoms with van der Waals surface area (Å²) in [6, 6.07) is 0. The molecule has 3 heteroatoms. The molecule has 2 unspecified atom stereocenters. The quantitative estimate of drug-likeness (QED) is 0.642. The number of hydrogen-bond donors (Lipinski definition) is 0. The van der Waals surface area contributed by atoms with Crippen molar-refractivity contribution in [2.24, 2.45) is 16.7 Å². The van der Waals surface area contributed by atoms with Crippen LogP contribution >= 0.6 is 0 Å². The third kappa shape index (κ3) is 1.07. The zero-order valence-corrected chi connectivity index (χ0v) is 10.3. The summed E-state index contributed by atoms with van der Waals surface area (Å²) in [5.41, 5.74) is 0.335. The van der Waals surface area contributed by atoms with Crippen molar-refractivity contribution >= 4 is 6.16 Å². The molecule has 2 bridgehead atoms. The van der Waals surface area contributed by atoms with Gasteiger partial charge in [-0.3, -0.25) is 0 Å². The third-order valence-corrected chi connectivity index (χ3v) is 5.45. The van der Waals surface area contributed by atoms with Crippen LogP contribution in [0.5, 0.6) is 0 Å². The first-order chi connectivity index (χ1) is 7.48. The highest BCUT2D eigenvalue weighted by atomic mass is 16.8. The lowest BCUT2D eigenvalue weighted by molar-refractivity contribution is -0.157. The lowest BCUT2D eigenvalue weighted by Crippen LogP contribution is -2.60. The highest BCUT2D eigenvalue weighted by Crippen LogP contribution is 2.62. The fourth-order valence-electron chi connectivity index (χ4n) is 4.05. The van der Waals surface area contributed by atoms with Crippen LogP contribution in [0.2, 0.25) is 0 Å². The van der Waals surface area contributed by atoms with Gasteiger partial charge in [-0.15, -0.1) is 0 Å². The van der Waals surface area contributed by atoms with E-state index in [1.165, 1.54) is 25.7 Å². The van der Waals surface area contributed by atoms with Gasteiger partial charge in [0.2, 0.25) is 0 Å². The number of carbonyl (C=O) groups is 1. The first kappa shape index (κ1) is 10.4. The first-order valence-corrected chi connectivity index (χ1v) is 6.35. The Hall–Kier alpha value is -0.730. The van der Waals surface area contributed by atoms with E-state index >= 15 is 0 Å². The van der Waals surface area contributed by atoms with Crippen LogP contribution in [-0.4, -0.2) is 18.4 Å². The Morgan fingerprint density at radius 2 is 1.69 bits per heavy atom. The van der Waals surface area contributed by atoms with Crippen molar-refractivity contribution < 1.29 is 14.3 Å². The van der Waals surface area contributed by atoms with E-state index in [1.807, 2.05) is 0 Å². The lowest BCUT2D eigenvalue weighted by Gasteiger charge is -2.58. The van der Waals surface area contributed by atoms with Crippen LogP contribution in [0.15, 0.2) is 0 Å². The highest BCUT2D eigenvalue weighted by Gasteiger charge is 2.65. The van der Waals surface area contributed by atoms with Crippen molar-refractivity contribution in [1.29, 1.82) is 0 Å². The standard InChI is InChI=1S/C13H20O3/c1-8(2)13-6-4-12(3,5-7-13)9-10(13)16-11(14)15-9/h8-10H,4-7H2,1-3H3. The average molecular weight is 224 g/mol. The molecule has 2 atom stereocenters. The Balaban J connectivity index is 2.02.